The minimum atomic E-state index is 0.219. The summed E-state index contributed by atoms with van der Waals surface area (Å²) in [5.41, 5.74) is 6.34. The first-order valence-electron chi connectivity index (χ1n) is 10.2. The van der Waals surface area contributed by atoms with Gasteiger partial charge in [0.05, 0.1) is 14.2 Å². The van der Waals surface area contributed by atoms with Crippen molar-refractivity contribution in [2.45, 2.75) is 33.6 Å². The van der Waals surface area contributed by atoms with Crippen LogP contribution in [0, 0.1) is 20.8 Å². The zero-order chi connectivity index (χ0) is 21.0. The van der Waals surface area contributed by atoms with E-state index < -0.39 is 0 Å². The van der Waals surface area contributed by atoms with Crippen LogP contribution in [0.2, 0.25) is 0 Å². The van der Waals surface area contributed by atoms with Gasteiger partial charge in [-0.15, -0.1) is 0 Å². The Bertz CT molecular complexity index is 847. The molecule has 2 aromatic carbocycles. The van der Waals surface area contributed by atoms with Crippen molar-refractivity contribution in [1.82, 2.24) is 4.90 Å². The summed E-state index contributed by atoms with van der Waals surface area (Å²) in [6.07, 6.45) is 1.22. The Morgan fingerprint density at radius 1 is 0.897 bits per heavy atom. The number of amides is 1. The second-order valence-electron chi connectivity index (χ2n) is 7.80. The lowest BCUT2D eigenvalue weighted by Gasteiger charge is -2.37. The van der Waals surface area contributed by atoms with Crippen LogP contribution in [0.15, 0.2) is 30.3 Å². The zero-order valence-corrected chi connectivity index (χ0v) is 18.2. The molecule has 0 aliphatic carbocycles. The number of hydrogen-bond donors (Lipinski definition) is 0. The molecule has 5 heteroatoms. The van der Waals surface area contributed by atoms with E-state index in [9.17, 15) is 4.79 Å². The summed E-state index contributed by atoms with van der Waals surface area (Å²) in [5.74, 6) is 1.63. The van der Waals surface area contributed by atoms with Crippen LogP contribution in [-0.2, 0) is 11.2 Å². The maximum absolute atomic E-state index is 12.7. The quantitative estimate of drug-likeness (QED) is 0.742. The highest BCUT2D eigenvalue weighted by Gasteiger charge is 2.23. The van der Waals surface area contributed by atoms with Crippen molar-refractivity contribution >= 4 is 11.6 Å². The number of nitrogens with zero attached hydrogens (tertiary/aromatic N) is 2. The van der Waals surface area contributed by atoms with E-state index in [2.05, 4.69) is 37.8 Å². The van der Waals surface area contributed by atoms with Crippen LogP contribution in [0.3, 0.4) is 0 Å². The maximum Gasteiger partial charge on any atom is 0.223 e. The molecule has 0 radical (unpaired) electrons. The number of carbonyl (C=O) groups is 1. The van der Waals surface area contributed by atoms with Gasteiger partial charge in [-0.1, -0.05) is 23.8 Å². The van der Waals surface area contributed by atoms with Crippen LogP contribution in [0.25, 0.3) is 0 Å². The van der Waals surface area contributed by atoms with Gasteiger partial charge in [0.1, 0.15) is 0 Å². The number of benzene rings is 2. The summed E-state index contributed by atoms with van der Waals surface area (Å²) in [6.45, 7) is 9.81. The number of carbonyl (C=O) groups excluding carboxylic acids is 1. The van der Waals surface area contributed by atoms with E-state index in [-0.39, 0.29) is 5.91 Å². The molecule has 29 heavy (non-hydrogen) atoms. The van der Waals surface area contributed by atoms with E-state index in [0.29, 0.717) is 24.3 Å². The van der Waals surface area contributed by atoms with Crippen LogP contribution < -0.4 is 14.4 Å². The van der Waals surface area contributed by atoms with Crippen molar-refractivity contribution in [3.8, 4) is 11.5 Å². The molecule has 0 saturated carbocycles. The van der Waals surface area contributed by atoms with Crippen LogP contribution in [0.4, 0.5) is 5.69 Å². The molecule has 1 saturated heterocycles. The first kappa shape index (κ1) is 21.0. The lowest BCUT2D eigenvalue weighted by atomic mass is 10.0. The van der Waals surface area contributed by atoms with Crippen molar-refractivity contribution in [1.29, 1.82) is 0 Å². The van der Waals surface area contributed by atoms with Gasteiger partial charge in [-0.2, -0.15) is 0 Å². The largest absolute Gasteiger partial charge is 0.493 e. The number of piperazine rings is 1. The smallest absolute Gasteiger partial charge is 0.223 e. The number of methoxy groups -OCH3 is 2. The summed E-state index contributed by atoms with van der Waals surface area (Å²) >= 11 is 0. The van der Waals surface area contributed by atoms with Gasteiger partial charge < -0.3 is 19.3 Å². The van der Waals surface area contributed by atoms with E-state index >= 15 is 0 Å². The average Bonchev–Trinajstić information content (AvgIpc) is 2.71. The molecule has 1 amide bonds. The van der Waals surface area contributed by atoms with Crippen LogP contribution >= 0.6 is 0 Å². The predicted molar refractivity (Wildman–Crippen MR) is 117 cm³/mol. The Labute approximate surface area is 174 Å². The topological polar surface area (TPSA) is 42.0 Å². The molecule has 2 aromatic rings. The Kier molecular flexibility index (Phi) is 6.68. The molecule has 1 aliphatic rings. The molecule has 0 atom stereocenters. The molecule has 1 heterocycles. The lowest BCUT2D eigenvalue weighted by molar-refractivity contribution is -0.131. The number of rotatable bonds is 6. The predicted octanol–water partition coefficient (Wildman–Crippen LogP) is 3.91. The molecule has 156 valence electrons. The SMILES string of the molecule is COc1ccc(CCC(=O)N2CCN(c3c(C)cc(C)cc3C)CC2)cc1OC. The molecule has 3 rings (SSSR count). The highest BCUT2D eigenvalue weighted by atomic mass is 16.5. The Hall–Kier alpha value is -2.69. The monoisotopic (exact) mass is 396 g/mol. The van der Waals surface area contributed by atoms with Gasteiger partial charge in [0.2, 0.25) is 5.91 Å². The number of ether oxygens (including phenoxy) is 2. The molecule has 1 aliphatic heterocycles. The van der Waals surface area contributed by atoms with E-state index in [1.807, 2.05) is 23.1 Å². The van der Waals surface area contributed by atoms with E-state index in [1.165, 1.54) is 22.4 Å². The number of hydrogen-bond acceptors (Lipinski definition) is 4. The minimum absolute atomic E-state index is 0.219. The van der Waals surface area contributed by atoms with Gasteiger partial charge in [-0.25, -0.2) is 0 Å². The average molecular weight is 397 g/mol. The fourth-order valence-electron chi connectivity index (χ4n) is 4.30. The highest BCUT2D eigenvalue weighted by molar-refractivity contribution is 5.77. The summed E-state index contributed by atoms with van der Waals surface area (Å²) in [5, 5.41) is 0. The van der Waals surface area contributed by atoms with E-state index in [0.717, 1.165) is 31.7 Å². The number of anilines is 1. The van der Waals surface area contributed by atoms with Gasteiger partial charge in [-0.3, -0.25) is 4.79 Å². The minimum Gasteiger partial charge on any atom is -0.493 e. The van der Waals surface area contributed by atoms with Crippen LogP contribution in [0.5, 0.6) is 11.5 Å². The second kappa shape index (κ2) is 9.21. The molecule has 0 unspecified atom stereocenters. The first-order chi connectivity index (χ1) is 13.9. The van der Waals surface area contributed by atoms with Gasteiger partial charge in [0, 0.05) is 38.3 Å². The van der Waals surface area contributed by atoms with Crippen molar-refractivity contribution in [3.05, 3.63) is 52.6 Å². The maximum atomic E-state index is 12.7. The van der Waals surface area contributed by atoms with Crippen molar-refractivity contribution in [3.63, 3.8) is 0 Å². The molecule has 1 fully saturated rings. The third-order valence-corrected chi connectivity index (χ3v) is 5.66. The standard InChI is InChI=1S/C24H32N2O3/c1-17-14-18(2)24(19(3)15-17)26-12-10-25(11-13-26)23(27)9-7-20-6-8-21(28-4)22(16-20)29-5/h6,8,14-16H,7,9-13H2,1-5H3. The van der Waals surface area contributed by atoms with Gasteiger partial charge in [0.25, 0.3) is 0 Å². The number of aryl methyl sites for hydroxylation is 4. The molecular weight excluding hydrogens is 364 g/mol. The fraction of sp³-hybridized carbons (Fsp3) is 0.458. The Morgan fingerprint density at radius 3 is 2.10 bits per heavy atom. The van der Waals surface area contributed by atoms with E-state index in [4.69, 9.17) is 9.47 Å². The van der Waals surface area contributed by atoms with E-state index in [1.54, 1.807) is 14.2 Å². The highest BCUT2D eigenvalue weighted by Crippen LogP contribution is 2.29. The zero-order valence-electron chi connectivity index (χ0n) is 18.2. The molecule has 0 bridgehead atoms. The molecular formula is C24H32N2O3. The summed E-state index contributed by atoms with van der Waals surface area (Å²) in [6, 6.07) is 10.3. The Morgan fingerprint density at radius 2 is 1.52 bits per heavy atom. The van der Waals surface area contributed by atoms with Gasteiger partial charge in [0.15, 0.2) is 11.5 Å². The third-order valence-electron chi connectivity index (χ3n) is 5.66. The summed E-state index contributed by atoms with van der Waals surface area (Å²) in [7, 11) is 3.25. The van der Waals surface area contributed by atoms with Gasteiger partial charge >= 0.3 is 0 Å². The third kappa shape index (κ3) is 4.84. The lowest BCUT2D eigenvalue weighted by Crippen LogP contribution is -2.49. The van der Waals surface area contributed by atoms with Gasteiger partial charge in [-0.05, 0) is 56.0 Å². The summed E-state index contributed by atoms with van der Waals surface area (Å²) < 4.78 is 10.6. The van der Waals surface area contributed by atoms with Crippen molar-refractivity contribution < 1.29 is 14.3 Å². The van der Waals surface area contributed by atoms with Crippen LogP contribution in [0.1, 0.15) is 28.7 Å². The van der Waals surface area contributed by atoms with Crippen molar-refractivity contribution in [2.24, 2.45) is 0 Å². The first-order valence-corrected chi connectivity index (χ1v) is 10.2. The molecule has 5 nitrogen and oxygen atoms in total. The normalized spacial score (nSPS) is 14.1. The van der Waals surface area contributed by atoms with Crippen LogP contribution in [-0.4, -0.2) is 51.2 Å². The Balaban J connectivity index is 1.55. The fourth-order valence-corrected chi connectivity index (χ4v) is 4.30. The molecule has 0 aromatic heterocycles. The van der Waals surface area contributed by atoms with Crippen molar-refractivity contribution in [2.75, 3.05) is 45.3 Å². The second-order valence-corrected chi connectivity index (χ2v) is 7.80. The summed E-state index contributed by atoms with van der Waals surface area (Å²) in [4.78, 5) is 17.1. The molecule has 0 spiro atoms. The molecule has 0 N–H and O–H groups in total.